The smallest absolute Gasteiger partial charge is 0.280 e. The molecule has 0 radical (unpaired) electrons. The Morgan fingerprint density at radius 2 is 1.63 bits per heavy atom. The lowest BCUT2D eigenvalue weighted by Gasteiger charge is -2.25. The predicted octanol–water partition coefficient (Wildman–Crippen LogP) is 4.44. The Hall–Kier alpha value is -4.00. The van der Waals surface area contributed by atoms with Gasteiger partial charge in [0.2, 0.25) is 0 Å². The monoisotopic (exact) mass is 468 g/mol. The Bertz CT molecular complexity index is 1470. The molecule has 178 valence electrons. The number of carbonyl (C=O) groups excluding carboxylic acids is 2. The van der Waals surface area contributed by atoms with E-state index in [1.54, 1.807) is 27.7 Å². The van der Waals surface area contributed by atoms with E-state index in [-0.39, 0.29) is 36.4 Å². The Morgan fingerprint density at radius 1 is 0.971 bits per heavy atom. The summed E-state index contributed by atoms with van der Waals surface area (Å²) in [4.78, 5) is 42.2. The zero-order valence-corrected chi connectivity index (χ0v) is 20.1. The zero-order valence-electron chi connectivity index (χ0n) is 20.1. The highest BCUT2D eigenvalue weighted by Gasteiger charge is 2.37. The van der Waals surface area contributed by atoms with Crippen molar-refractivity contribution in [2.24, 2.45) is 5.92 Å². The van der Waals surface area contributed by atoms with Crippen LogP contribution in [0.1, 0.15) is 53.6 Å². The van der Waals surface area contributed by atoms with E-state index >= 15 is 0 Å². The molecule has 1 aliphatic rings. The molecule has 2 aromatic heterocycles. The fourth-order valence-corrected chi connectivity index (χ4v) is 4.92. The second kappa shape index (κ2) is 8.98. The predicted molar refractivity (Wildman–Crippen MR) is 134 cm³/mol. The van der Waals surface area contributed by atoms with Crippen molar-refractivity contribution in [3.8, 4) is 11.3 Å². The van der Waals surface area contributed by atoms with Crippen LogP contribution in [-0.2, 0) is 13.1 Å². The fourth-order valence-electron chi connectivity index (χ4n) is 4.92. The van der Waals surface area contributed by atoms with Crippen molar-refractivity contribution in [1.29, 1.82) is 0 Å². The molecular formula is C28H28N4O3. The van der Waals surface area contributed by atoms with Crippen molar-refractivity contribution < 1.29 is 9.59 Å². The summed E-state index contributed by atoms with van der Waals surface area (Å²) in [6.07, 6.45) is 0.826. The number of aromatic nitrogens is 3. The van der Waals surface area contributed by atoms with Crippen molar-refractivity contribution >= 4 is 17.3 Å². The van der Waals surface area contributed by atoms with Crippen LogP contribution in [0.4, 0.5) is 0 Å². The molecule has 0 saturated heterocycles. The van der Waals surface area contributed by atoms with Gasteiger partial charge in [0, 0.05) is 23.2 Å². The summed E-state index contributed by atoms with van der Waals surface area (Å²) in [5.41, 5.74) is 2.83. The minimum Gasteiger partial charge on any atom is -0.330 e. The molecule has 4 aromatic rings. The number of fused-ring (bicyclic) bond motifs is 2. The molecule has 0 saturated carbocycles. The molecule has 0 spiro atoms. The Labute approximate surface area is 203 Å². The minimum absolute atomic E-state index is 0.0280. The van der Waals surface area contributed by atoms with E-state index < -0.39 is 0 Å². The number of benzene rings is 2. The highest BCUT2D eigenvalue weighted by molar-refractivity contribution is 6.00. The minimum atomic E-state index is -0.312. The first-order valence-corrected chi connectivity index (χ1v) is 11.9. The molecule has 0 aliphatic carbocycles. The quantitative estimate of drug-likeness (QED) is 0.376. The Morgan fingerprint density at radius 3 is 2.29 bits per heavy atom. The maximum absolute atomic E-state index is 13.7. The fraction of sp³-hybridized carbons (Fsp3) is 0.286. The van der Waals surface area contributed by atoms with Crippen LogP contribution >= 0.6 is 0 Å². The van der Waals surface area contributed by atoms with E-state index in [4.69, 9.17) is 0 Å². The molecule has 7 nitrogen and oxygen atoms in total. The number of ketones is 1. The average Bonchev–Trinajstić information content (AvgIpc) is 3.45. The Balaban J connectivity index is 1.68. The molecule has 2 aromatic carbocycles. The van der Waals surface area contributed by atoms with Crippen LogP contribution in [0, 0.1) is 5.92 Å². The standard InChI is InChI=1S/C28H28N4O3/c1-18(2)14-19(3)30-16-22-26(28(30)35)31(17-24(33)21-12-8-5-9-13-21)25-15-23(29-32(25)27(22)34)20-10-6-4-7-11-20/h4-13,15,18-19H,14,16-17H2,1-3H3. The van der Waals surface area contributed by atoms with Gasteiger partial charge >= 0.3 is 0 Å². The molecule has 5 rings (SSSR count). The molecule has 7 heteroatoms. The lowest BCUT2D eigenvalue weighted by molar-refractivity contribution is 0.0690. The van der Waals surface area contributed by atoms with Crippen molar-refractivity contribution in [2.45, 2.75) is 46.3 Å². The molecular weight excluding hydrogens is 440 g/mol. The molecule has 35 heavy (non-hydrogen) atoms. The maximum Gasteiger partial charge on any atom is 0.280 e. The molecule has 1 aliphatic heterocycles. The Kier molecular flexibility index (Phi) is 5.84. The second-order valence-electron chi connectivity index (χ2n) is 9.58. The molecule has 1 atom stereocenters. The van der Waals surface area contributed by atoms with E-state index in [9.17, 15) is 14.4 Å². The van der Waals surface area contributed by atoms with Crippen LogP contribution < -0.4 is 5.56 Å². The van der Waals surface area contributed by atoms with Gasteiger partial charge in [0.15, 0.2) is 5.78 Å². The molecule has 3 heterocycles. The summed E-state index contributed by atoms with van der Waals surface area (Å²) in [7, 11) is 0. The lowest BCUT2D eigenvalue weighted by atomic mass is 10.0. The largest absolute Gasteiger partial charge is 0.330 e. The average molecular weight is 469 g/mol. The lowest BCUT2D eigenvalue weighted by Crippen LogP contribution is -2.35. The summed E-state index contributed by atoms with van der Waals surface area (Å²) >= 11 is 0. The van der Waals surface area contributed by atoms with Gasteiger partial charge in [-0.15, -0.1) is 0 Å². The third-order valence-electron chi connectivity index (χ3n) is 6.58. The van der Waals surface area contributed by atoms with Crippen LogP contribution in [0.3, 0.4) is 0 Å². The number of hydrogen-bond donors (Lipinski definition) is 0. The molecule has 0 fully saturated rings. The molecule has 0 N–H and O–H groups in total. The SMILES string of the molecule is CC(C)CC(C)N1Cc2c(n(CC(=O)c3ccccc3)c3cc(-c4ccccc4)nn3c2=O)C1=O. The summed E-state index contributed by atoms with van der Waals surface area (Å²) in [6.45, 7) is 6.39. The third kappa shape index (κ3) is 4.07. The van der Waals surface area contributed by atoms with Crippen molar-refractivity contribution in [2.75, 3.05) is 0 Å². The van der Waals surface area contributed by atoms with E-state index in [1.807, 2.05) is 55.5 Å². The number of amides is 1. The van der Waals surface area contributed by atoms with Crippen molar-refractivity contribution in [1.82, 2.24) is 19.1 Å². The van der Waals surface area contributed by atoms with Crippen molar-refractivity contribution in [3.05, 3.63) is 93.9 Å². The van der Waals surface area contributed by atoms with Gasteiger partial charge in [0.05, 0.1) is 24.3 Å². The normalized spacial score (nSPS) is 14.1. The number of rotatable bonds is 7. The summed E-state index contributed by atoms with van der Waals surface area (Å²) < 4.78 is 3.01. The van der Waals surface area contributed by atoms with Gasteiger partial charge in [-0.25, -0.2) is 0 Å². The molecule has 1 amide bonds. The van der Waals surface area contributed by atoms with E-state index in [2.05, 4.69) is 18.9 Å². The van der Waals surface area contributed by atoms with Crippen LogP contribution in [-0.4, -0.2) is 36.8 Å². The van der Waals surface area contributed by atoms with Gasteiger partial charge in [0.1, 0.15) is 11.3 Å². The van der Waals surface area contributed by atoms with Gasteiger partial charge < -0.3 is 9.47 Å². The van der Waals surface area contributed by atoms with Gasteiger partial charge in [0.25, 0.3) is 11.5 Å². The summed E-state index contributed by atoms with van der Waals surface area (Å²) in [5, 5.41) is 4.59. The first kappa shape index (κ1) is 22.8. The first-order chi connectivity index (χ1) is 16.8. The highest BCUT2D eigenvalue weighted by atomic mass is 16.2. The van der Waals surface area contributed by atoms with Crippen LogP contribution in [0.5, 0.6) is 0 Å². The number of Topliss-reactive ketones (excluding diaryl/α,β-unsaturated/α-hetero) is 1. The molecule has 1 unspecified atom stereocenters. The first-order valence-electron chi connectivity index (χ1n) is 11.9. The second-order valence-corrected chi connectivity index (χ2v) is 9.58. The topological polar surface area (TPSA) is 76.7 Å². The third-order valence-corrected chi connectivity index (χ3v) is 6.58. The number of carbonyl (C=O) groups is 2. The zero-order chi connectivity index (χ0) is 24.7. The maximum atomic E-state index is 13.7. The van der Waals surface area contributed by atoms with E-state index in [1.165, 1.54) is 4.52 Å². The van der Waals surface area contributed by atoms with Crippen LogP contribution in [0.2, 0.25) is 0 Å². The van der Waals surface area contributed by atoms with Crippen molar-refractivity contribution in [3.63, 3.8) is 0 Å². The summed E-state index contributed by atoms with van der Waals surface area (Å²) in [5.74, 6) is 0.0594. The molecule has 0 bridgehead atoms. The van der Waals surface area contributed by atoms with Gasteiger partial charge in [-0.2, -0.15) is 9.61 Å². The van der Waals surface area contributed by atoms with E-state index in [0.29, 0.717) is 34.1 Å². The van der Waals surface area contributed by atoms with Gasteiger partial charge in [-0.1, -0.05) is 74.5 Å². The van der Waals surface area contributed by atoms with Crippen LogP contribution in [0.25, 0.3) is 16.9 Å². The highest BCUT2D eigenvalue weighted by Crippen LogP contribution is 2.28. The van der Waals surface area contributed by atoms with Crippen LogP contribution in [0.15, 0.2) is 71.5 Å². The van der Waals surface area contributed by atoms with Gasteiger partial charge in [-0.05, 0) is 19.3 Å². The number of hydrogen-bond acceptors (Lipinski definition) is 4. The number of nitrogens with zero attached hydrogens (tertiary/aromatic N) is 4. The van der Waals surface area contributed by atoms with E-state index in [0.717, 1.165) is 12.0 Å². The summed E-state index contributed by atoms with van der Waals surface area (Å²) in [6, 6.07) is 20.3. The van der Waals surface area contributed by atoms with Gasteiger partial charge in [-0.3, -0.25) is 14.4 Å².